The van der Waals surface area contributed by atoms with E-state index in [1.165, 1.54) is 12.8 Å². The zero-order chi connectivity index (χ0) is 12.3. The molecule has 1 aliphatic heterocycles. The highest BCUT2D eigenvalue weighted by atomic mass is 16.3. The third-order valence-electron chi connectivity index (χ3n) is 3.43. The normalized spacial score (nSPS) is 16.6. The van der Waals surface area contributed by atoms with E-state index in [2.05, 4.69) is 0 Å². The summed E-state index contributed by atoms with van der Waals surface area (Å²) in [4.78, 5) is 14.3. The smallest absolute Gasteiger partial charge is 0.254 e. The Hall–Kier alpha value is -1.51. The Bertz CT molecular complexity index is 407. The standard InChI is InChI=1S/C14H19NO2/c1-11-12(7-6-8-13(11)16)14(17)15-9-4-2-3-5-10-15/h6-8,16H,2-5,9-10H2,1H3. The number of phenolic OH excluding ortho intramolecular Hbond substituents is 1. The Kier molecular flexibility index (Phi) is 3.67. The first-order valence-corrected chi connectivity index (χ1v) is 6.28. The molecular weight excluding hydrogens is 214 g/mol. The van der Waals surface area contributed by atoms with Gasteiger partial charge in [0.15, 0.2) is 0 Å². The molecule has 1 amide bonds. The third-order valence-corrected chi connectivity index (χ3v) is 3.43. The highest BCUT2D eigenvalue weighted by Crippen LogP contribution is 2.22. The van der Waals surface area contributed by atoms with Crippen LogP contribution in [0.3, 0.4) is 0 Å². The van der Waals surface area contributed by atoms with Crippen LogP contribution in [0.15, 0.2) is 18.2 Å². The number of likely N-dealkylation sites (tertiary alicyclic amines) is 1. The first-order chi connectivity index (χ1) is 8.20. The highest BCUT2D eigenvalue weighted by Gasteiger charge is 2.19. The summed E-state index contributed by atoms with van der Waals surface area (Å²) in [5.74, 6) is 0.256. The van der Waals surface area contributed by atoms with Gasteiger partial charge in [0.1, 0.15) is 5.75 Å². The van der Waals surface area contributed by atoms with Crippen molar-refractivity contribution in [2.24, 2.45) is 0 Å². The molecule has 0 atom stereocenters. The van der Waals surface area contributed by atoms with E-state index in [9.17, 15) is 9.90 Å². The van der Waals surface area contributed by atoms with Crippen molar-refractivity contribution >= 4 is 5.91 Å². The van der Waals surface area contributed by atoms with E-state index >= 15 is 0 Å². The summed E-state index contributed by atoms with van der Waals surface area (Å²) in [6, 6.07) is 5.14. The second-order valence-corrected chi connectivity index (χ2v) is 4.66. The quantitative estimate of drug-likeness (QED) is 0.810. The maximum atomic E-state index is 12.3. The lowest BCUT2D eigenvalue weighted by Crippen LogP contribution is -2.32. The number of aromatic hydroxyl groups is 1. The number of carbonyl (C=O) groups excluding carboxylic acids is 1. The van der Waals surface area contributed by atoms with E-state index in [0.717, 1.165) is 25.9 Å². The Morgan fingerprint density at radius 2 is 1.82 bits per heavy atom. The number of benzene rings is 1. The van der Waals surface area contributed by atoms with Gasteiger partial charge in [0.25, 0.3) is 5.91 Å². The molecule has 3 heteroatoms. The predicted molar refractivity (Wildman–Crippen MR) is 67.2 cm³/mol. The molecule has 0 radical (unpaired) electrons. The zero-order valence-corrected chi connectivity index (χ0v) is 10.3. The SMILES string of the molecule is Cc1c(O)cccc1C(=O)N1CCCCCC1. The molecule has 1 aromatic rings. The van der Waals surface area contributed by atoms with Gasteiger partial charge in [-0.25, -0.2) is 0 Å². The van der Waals surface area contributed by atoms with Gasteiger partial charge in [0, 0.05) is 24.2 Å². The van der Waals surface area contributed by atoms with Crippen LogP contribution >= 0.6 is 0 Å². The van der Waals surface area contributed by atoms with Crippen molar-refractivity contribution in [1.82, 2.24) is 4.90 Å². The number of amides is 1. The Morgan fingerprint density at radius 1 is 1.18 bits per heavy atom. The number of hydrogen-bond acceptors (Lipinski definition) is 2. The fraction of sp³-hybridized carbons (Fsp3) is 0.500. The van der Waals surface area contributed by atoms with Gasteiger partial charge in [0.2, 0.25) is 0 Å². The summed E-state index contributed by atoms with van der Waals surface area (Å²) in [7, 11) is 0. The van der Waals surface area contributed by atoms with Crippen molar-refractivity contribution < 1.29 is 9.90 Å². The molecule has 0 unspecified atom stereocenters. The first kappa shape index (κ1) is 12.0. The number of carbonyl (C=O) groups is 1. The van der Waals surface area contributed by atoms with Crippen LogP contribution < -0.4 is 0 Å². The lowest BCUT2D eigenvalue weighted by atomic mass is 10.1. The van der Waals surface area contributed by atoms with Gasteiger partial charge in [0.05, 0.1) is 0 Å². The van der Waals surface area contributed by atoms with E-state index in [1.54, 1.807) is 25.1 Å². The second-order valence-electron chi connectivity index (χ2n) is 4.66. The number of rotatable bonds is 1. The van der Waals surface area contributed by atoms with E-state index in [1.807, 2.05) is 4.90 Å². The average molecular weight is 233 g/mol. The van der Waals surface area contributed by atoms with E-state index in [-0.39, 0.29) is 11.7 Å². The Balaban J connectivity index is 2.20. The first-order valence-electron chi connectivity index (χ1n) is 6.28. The number of phenols is 1. The zero-order valence-electron chi connectivity index (χ0n) is 10.3. The lowest BCUT2D eigenvalue weighted by Gasteiger charge is -2.21. The van der Waals surface area contributed by atoms with Gasteiger partial charge in [-0.2, -0.15) is 0 Å². The molecule has 0 aromatic heterocycles. The minimum atomic E-state index is 0.0558. The Morgan fingerprint density at radius 3 is 2.47 bits per heavy atom. The second kappa shape index (κ2) is 5.21. The van der Waals surface area contributed by atoms with Crippen molar-refractivity contribution in [3.63, 3.8) is 0 Å². The van der Waals surface area contributed by atoms with Crippen LogP contribution in [0.2, 0.25) is 0 Å². The number of nitrogens with zero attached hydrogens (tertiary/aromatic N) is 1. The van der Waals surface area contributed by atoms with Gasteiger partial charge < -0.3 is 10.0 Å². The minimum absolute atomic E-state index is 0.0558. The van der Waals surface area contributed by atoms with E-state index in [0.29, 0.717) is 11.1 Å². The molecule has 1 N–H and O–H groups in total. The molecule has 1 fully saturated rings. The van der Waals surface area contributed by atoms with Crippen LogP contribution in [0.4, 0.5) is 0 Å². The fourth-order valence-electron chi connectivity index (χ4n) is 2.30. The van der Waals surface area contributed by atoms with Crippen LogP contribution in [0.1, 0.15) is 41.6 Å². The van der Waals surface area contributed by atoms with Crippen LogP contribution in [-0.4, -0.2) is 29.0 Å². The van der Waals surface area contributed by atoms with Crippen molar-refractivity contribution in [2.45, 2.75) is 32.6 Å². The monoisotopic (exact) mass is 233 g/mol. The summed E-state index contributed by atoms with van der Waals surface area (Å²) in [5.41, 5.74) is 1.31. The third kappa shape index (κ3) is 2.60. The summed E-state index contributed by atoms with van der Waals surface area (Å²) < 4.78 is 0. The molecule has 1 aliphatic rings. The van der Waals surface area contributed by atoms with Crippen molar-refractivity contribution in [2.75, 3.05) is 13.1 Å². The average Bonchev–Trinajstić information content (AvgIpc) is 2.60. The van der Waals surface area contributed by atoms with Crippen molar-refractivity contribution in [3.8, 4) is 5.75 Å². The van der Waals surface area contributed by atoms with Gasteiger partial charge in [-0.3, -0.25) is 4.79 Å². The topological polar surface area (TPSA) is 40.5 Å². The molecule has 0 saturated carbocycles. The molecule has 1 aromatic carbocycles. The molecule has 1 heterocycles. The molecule has 0 aliphatic carbocycles. The van der Waals surface area contributed by atoms with Crippen LogP contribution in [0, 0.1) is 6.92 Å². The Labute approximate surface area is 102 Å². The van der Waals surface area contributed by atoms with Gasteiger partial charge in [-0.15, -0.1) is 0 Å². The summed E-state index contributed by atoms with van der Waals surface area (Å²) in [6.45, 7) is 3.47. The maximum Gasteiger partial charge on any atom is 0.254 e. The summed E-state index contributed by atoms with van der Waals surface area (Å²) >= 11 is 0. The predicted octanol–water partition coefficient (Wildman–Crippen LogP) is 2.72. The molecule has 1 saturated heterocycles. The highest BCUT2D eigenvalue weighted by molar-refractivity contribution is 5.96. The van der Waals surface area contributed by atoms with Gasteiger partial charge in [-0.05, 0) is 31.9 Å². The summed E-state index contributed by atoms with van der Waals surface area (Å²) in [5, 5.41) is 9.63. The van der Waals surface area contributed by atoms with Crippen molar-refractivity contribution in [1.29, 1.82) is 0 Å². The molecule has 0 bridgehead atoms. The summed E-state index contributed by atoms with van der Waals surface area (Å²) in [6.07, 6.45) is 4.60. The largest absolute Gasteiger partial charge is 0.508 e. The molecule has 92 valence electrons. The minimum Gasteiger partial charge on any atom is -0.508 e. The molecule has 2 rings (SSSR count). The molecule has 0 spiro atoms. The van der Waals surface area contributed by atoms with Crippen LogP contribution in [-0.2, 0) is 0 Å². The molecular formula is C14H19NO2. The van der Waals surface area contributed by atoms with Gasteiger partial charge in [-0.1, -0.05) is 18.9 Å². The molecule has 3 nitrogen and oxygen atoms in total. The number of hydrogen-bond donors (Lipinski definition) is 1. The van der Waals surface area contributed by atoms with Crippen LogP contribution in [0.5, 0.6) is 5.75 Å². The van der Waals surface area contributed by atoms with Gasteiger partial charge >= 0.3 is 0 Å². The van der Waals surface area contributed by atoms with E-state index < -0.39 is 0 Å². The lowest BCUT2D eigenvalue weighted by molar-refractivity contribution is 0.0760. The fourth-order valence-corrected chi connectivity index (χ4v) is 2.30. The maximum absolute atomic E-state index is 12.3. The van der Waals surface area contributed by atoms with Crippen LogP contribution in [0.25, 0.3) is 0 Å². The van der Waals surface area contributed by atoms with Crippen molar-refractivity contribution in [3.05, 3.63) is 29.3 Å². The van der Waals surface area contributed by atoms with E-state index in [4.69, 9.17) is 0 Å². The molecule has 17 heavy (non-hydrogen) atoms.